The SMILES string of the molecule is C=CCc1ccc(OCC(=O)NC(C)COC)c(OC)c1. The van der Waals surface area contributed by atoms with E-state index in [2.05, 4.69) is 11.9 Å². The summed E-state index contributed by atoms with van der Waals surface area (Å²) in [5.41, 5.74) is 1.08. The van der Waals surface area contributed by atoms with Gasteiger partial charge in [-0.3, -0.25) is 4.79 Å². The number of benzene rings is 1. The van der Waals surface area contributed by atoms with Crippen molar-refractivity contribution < 1.29 is 19.0 Å². The summed E-state index contributed by atoms with van der Waals surface area (Å²) in [4.78, 5) is 11.7. The number of hydrogen-bond donors (Lipinski definition) is 1. The van der Waals surface area contributed by atoms with Gasteiger partial charge in [0.05, 0.1) is 13.7 Å². The van der Waals surface area contributed by atoms with Crippen LogP contribution in [0.2, 0.25) is 0 Å². The Morgan fingerprint density at radius 2 is 2.14 bits per heavy atom. The second-order valence-corrected chi connectivity index (χ2v) is 4.69. The third kappa shape index (κ3) is 5.87. The Balaban J connectivity index is 2.58. The molecular formula is C16H23NO4. The molecule has 0 saturated heterocycles. The first-order valence-corrected chi connectivity index (χ1v) is 6.79. The van der Waals surface area contributed by atoms with Gasteiger partial charge in [0.15, 0.2) is 18.1 Å². The fourth-order valence-corrected chi connectivity index (χ4v) is 1.88. The monoisotopic (exact) mass is 293 g/mol. The minimum atomic E-state index is -0.197. The van der Waals surface area contributed by atoms with E-state index in [4.69, 9.17) is 14.2 Å². The van der Waals surface area contributed by atoms with E-state index in [-0.39, 0.29) is 18.6 Å². The van der Waals surface area contributed by atoms with Gasteiger partial charge in [-0.2, -0.15) is 0 Å². The van der Waals surface area contributed by atoms with E-state index < -0.39 is 0 Å². The fraction of sp³-hybridized carbons (Fsp3) is 0.438. The molecule has 1 amide bonds. The van der Waals surface area contributed by atoms with Crippen LogP contribution in [0, 0.1) is 0 Å². The van der Waals surface area contributed by atoms with Crippen LogP contribution in [-0.4, -0.2) is 39.4 Å². The van der Waals surface area contributed by atoms with Gasteiger partial charge in [-0.1, -0.05) is 12.1 Å². The summed E-state index contributed by atoms with van der Waals surface area (Å²) < 4.78 is 15.7. The highest BCUT2D eigenvalue weighted by Gasteiger charge is 2.10. The van der Waals surface area contributed by atoms with Crippen LogP contribution < -0.4 is 14.8 Å². The Labute approximate surface area is 125 Å². The highest BCUT2D eigenvalue weighted by Crippen LogP contribution is 2.28. The van der Waals surface area contributed by atoms with Gasteiger partial charge < -0.3 is 19.5 Å². The topological polar surface area (TPSA) is 56.8 Å². The molecule has 1 atom stereocenters. The number of allylic oxidation sites excluding steroid dienone is 1. The Hall–Kier alpha value is -2.01. The third-order valence-electron chi connectivity index (χ3n) is 2.79. The van der Waals surface area contributed by atoms with Gasteiger partial charge in [-0.15, -0.1) is 6.58 Å². The van der Waals surface area contributed by atoms with Gasteiger partial charge in [0.2, 0.25) is 0 Å². The lowest BCUT2D eigenvalue weighted by atomic mass is 10.1. The van der Waals surface area contributed by atoms with E-state index in [1.54, 1.807) is 20.3 Å². The van der Waals surface area contributed by atoms with Crippen molar-refractivity contribution in [3.63, 3.8) is 0 Å². The molecule has 0 heterocycles. The molecule has 1 N–H and O–H groups in total. The average molecular weight is 293 g/mol. The molecule has 0 aliphatic heterocycles. The number of rotatable bonds is 9. The Morgan fingerprint density at radius 3 is 2.76 bits per heavy atom. The zero-order chi connectivity index (χ0) is 15.7. The van der Waals surface area contributed by atoms with Crippen LogP contribution in [0.1, 0.15) is 12.5 Å². The standard InChI is InChI=1S/C16H23NO4/c1-5-6-13-7-8-14(15(9-13)20-4)21-11-16(18)17-12(2)10-19-3/h5,7-9,12H,1,6,10-11H2,2-4H3,(H,17,18). The molecule has 0 bridgehead atoms. The summed E-state index contributed by atoms with van der Waals surface area (Å²) in [6, 6.07) is 5.54. The molecular weight excluding hydrogens is 270 g/mol. The van der Waals surface area contributed by atoms with E-state index >= 15 is 0 Å². The number of carbonyl (C=O) groups is 1. The molecule has 116 valence electrons. The van der Waals surface area contributed by atoms with E-state index in [0.717, 1.165) is 12.0 Å². The maximum Gasteiger partial charge on any atom is 0.258 e. The number of ether oxygens (including phenoxy) is 3. The molecule has 1 unspecified atom stereocenters. The number of methoxy groups -OCH3 is 2. The van der Waals surface area contributed by atoms with Gasteiger partial charge in [-0.25, -0.2) is 0 Å². The predicted molar refractivity (Wildman–Crippen MR) is 81.9 cm³/mol. The maximum atomic E-state index is 11.7. The highest BCUT2D eigenvalue weighted by atomic mass is 16.5. The van der Waals surface area contributed by atoms with Gasteiger partial charge in [0, 0.05) is 13.2 Å². The van der Waals surface area contributed by atoms with Gasteiger partial charge in [0.1, 0.15) is 0 Å². The summed E-state index contributed by atoms with van der Waals surface area (Å²) >= 11 is 0. The fourth-order valence-electron chi connectivity index (χ4n) is 1.88. The maximum absolute atomic E-state index is 11.7. The number of carbonyl (C=O) groups excluding carboxylic acids is 1. The van der Waals surface area contributed by atoms with Crippen LogP contribution in [-0.2, 0) is 16.0 Å². The number of hydrogen-bond acceptors (Lipinski definition) is 4. The normalized spacial score (nSPS) is 11.6. The van der Waals surface area contributed by atoms with Gasteiger partial charge in [0.25, 0.3) is 5.91 Å². The first-order valence-electron chi connectivity index (χ1n) is 6.79. The van der Waals surface area contributed by atoms with Crippen LogP contribution in [0.15, 0.2) is 30.9 Å². The first-order chi connectivity index (χ1) is 10.1. The molecule has 0 aromatic heterocycles. The van der Waals surface area contributed by atoms with Crippen LogP contribution in [0.25, 0.3) is 0 Å². The van der Waals surface area contributed by atoms with Crippen molar-refractivity contribution in [2.24, 2.45) is 0 Å². The minimum absolute atomic E-state index is 0.0528. The van der Waals surface area contributed by atoms with Crippen molar-refractivity contribution in [2.75, 3.05) is 27.4 Å². The molecule has 0 saturated carbocycles. The van der Waals surface area contributed by atoms with Crippen molar-refractivity contribution in [3.8, 4) is 11.5 Å². The van der Waals surface area contributed by atoms with Crippen LogP contribution in [0.4, 0.5) is 0 Å². The Kier molecular flexibility index (Phi) is 7.32. The first kappa shape index (κ1) is 17.0. The zero-order valence-electron chi connectivity index (χ0n) is 12.8. The molecule has 0 radical (unpaired) electrons. The Bertz CT molecular complexity index is 473. The van der Waals surface area contributed by atoms with Crippen molar-refractivity contribution in [1.82, 2.24) is 5.32 Å². The van der Waals surface area contributed by atoms with Crippen LogP contribution in [0.3, 0.4) is 0 Å². The van der Waals surface area contributed by atoms with E-state index in [1.165, 1.54) is 0 Å². The van der Waals surface area contributed by atoms with Crippen molar-refractivity contribution in [3.05, 3.63) is 36.4 Å². The summed E-state index contributed by atoms with van der Waals surface area (Å²) in [6.45, 7) is 5.97. The summed E-state index contributed by atoms with van der Waals surface area (Å²) in [5.74, 6) is 0.948. The molecule has 0 spiro atoms. The number of nitrogens with one attached hydrogen (secondary N) is 1. The third-order valence-corrected chi connectivity index (χ3v) is 2.79. The number of amides is 1. The Morgan fingerprint density at radius 1 is 1.38 bits per heavy atom. The van der Waals surface area contributed by atoms with Crippen LogP contribution >= 0.6 is 0 Å². The second-order valence-electron chi connectivity index (χ2n) is 4.69. The summed E-state index contributed by atoms with van der Waals surface area (Å²) in [5, 5.41) is 2.78. The molecule has 1 rings (SSSR count). The lowest BCUT2D eigenvalue weighted by Gasteiger charge is -2.14. The second kappa shape index (κ2) is 9.02. The predicted octanol–water partition coefficient (Wildman–Crippen LogP) is 1.95. The summed E-state index contributed by atoms with van der Waals surface area (Å²) in [6.07, 6.45) is 2.57. The lowest BCUT2D eigenvalue weighted by Crippen LogP contribution is -2.38. The quantitative estimate of drug-likeness (QED) is 0.707. The van der Waals surface area contributed by atoms with Gasteiger partial charge >= 0.3 is 0 Å². The lowest BCUT2D eigenvalue weighted by molar-refractivity contribution is -0.124. The molecule has 0 aliphatic carbocycles. The van der Waals surface area contributed by atoms with E-state index in [9.17, 15) is 4.79 Å². The molecule has 0 fully saturated rings. The largest absolute Gasteiger partial charge is 0.493 e. The highest BCUT2D eigenvalue weighted by molar-refractivity contribution is 5.77. The zero-order valence-corrected chi connectivity index (χ0v) is 12.8. The van der Waals surface area contributed by atoms with Crippen molar-refractivity contribution in [2.45, 2.75) is 19.4 Å². The smallest absolute Gasteiger partial charge is 0.258 e. The van der Waals surface area contributed by atoms with Crippen LogP contribution in [0.5, 0.6) is 11.5 Å². The van der Waals surface area contributed by atoms with E-state index in [1.807, 2.05) is 25.1 Å². The average Bonchev–Trinajstić information content (AvgIpc) is 2.46. The molecule has 1 aromatic carbocycles. The summed E-state index contributed by atoms with van der Waals surface area (Å²) in [7, 11) is 3.16. The minimum Gasteiger partial charge on any atom is -0.493 e. The molecule has 0 aliphatic rings. The molecule has 1 aromatic rings. The van der Waals surface area contributed by atoms with Crippen molar-refractivity contribution >= 4 is 5.91 Å². The molecule has 5 heteroatoms. The molecule has 5 nitrogen and oxygen atoms in total. The van der Waals surface area contributed by atoms with Gasteiger partial charge in [-0.05, 0) is 31.0 Å². The van der Waals surface area contributed by atoms with E-state index in [0.29, 0.717) is 18.1 Å². The molecule has 21 heavy (non-hydrogen) atoms. The van der Waals surface area contributed by atoms with Crippen molar-refractivity contribution in [1.29, 1.82) is 0 Å².